The summed E-state index contributed by atoms with van der Waals surface area (Å²) < 4.78 is 0. The van der Waals surface area contributed by atoms with Crippen molar-refractivity contribution in [1.82, 2.24) is 0 Å². The van der Waals surface area contributed by atoms with Crippen LogP contribution < -0.4 is 4.90 Å². The van der Waals surface area contributed by atoms with Crippen LogP contribution in [0.5, 0.6) is 0 Å². The van der Waals surface area contributed by atoms with Crippen molar-refractivity contribution in [3.05, 3.63) is 126 Å². The predicted octanol–water partition coefficient (Wildman–Crippen LogP) is 6.46. The smallest absolute Gasteiger partial charge is 0.184 e. The molecule has 146 valence electrons. The van der Waals surface area contributed by atoms with Crippen LogP contribution in [0, 0.1) is 0 Å². The molecule has 0 aliphatic heterocycles. The average molecular weight is 390 g/mol. The van der Waals surface area contributed by atoms with E-state index in [1.165, 1.54) is 0 Å². The van der Waals surface area contributed by atoms with Crippen LogP contribution in [0.1, 0.15) is 15.9 Å². The molecule has 0 saturated heterocycles. The van der Waals surface area contributed by atoms with Crippen LogP contribution in [0.2, 0.25) is 0 Å². The van der Waals surface area contributed by atoms with Crippen molar-refractivity contribution < 1.29 is 4.79 Å². The van der Waals surface area contributed by atoms with Crippen molar-refractivity contribution in [3.8, 4) is 0 Å². The molecule has 0 amide bonds. The summed E-state index contributed by atoms with van der Waals surface area (Å²) in [6, 6.07) is 38.0. The van der Waals surface area contributed by atoms with Crippen LogP contribution in [-0.2, 0) is 0 Å². The Morgan fingerprint density at radius 1 is 0.633 bits per heavy atom. The van der Waals surface area contributed by atoms with E-state index < -0.39 is 0 Å². The minimum Gasteiger partial charge on any atom is -0.311 e. The maximum atomic E-state index is 12.2. The van der Waals surface area contributed by atoms with E-state index in [-0.39, 0.29) is 12.3 Å². The number of nitrogens with zero attached hydrogens (tertiary/aromatic N) is 2. The Balaban J connectivity index is 1.52. The zero-order valence-corrected chi connectivity index (χ0v) is 16.6. The Bertz CT molecular complexity index is 1070. The van der Waals surface area contributed by atoms with Crippen LogP contribution in [0.4, 0.5) is 17.1 Å². The fraction of sp³-hybridized carbons (Fsp3) is 0.0370. The maximum Gasteiger partial charge on any atom is 0.184 e. The van der Waals surface area contributed by atoms with Gasteiger partial charge in [0.15, 0.2) is 5.78 Å². The SMILES string of the molecule is O=C(CN=Cc1ccc(N(c2ccccc2)c2ccccc2)cc1)c1ccccc1. The minimum atomic E-state index is 0.0165. The van der Waals surface area contributed by atoms with Gasteiger partial charge in [-0.2, -0.15) is 0 Å². The highest BCUT2D eigenvalue weighted by Crippen LogP contribution is 2.33. The first-order chi connectivity index (χ1) is 14.8. The lowest BCUT2D eigenvalue weighted by atomic mass is 10.1. The van der Waals surface area contributed by atoms with E-state index >= 15 is 0 Å². The molecule has 4 aromatic rings. The number of aliphatic imine (C=N–C) groups is 1. The first-order valence-corrected chi connectivity index (χ1v) is 9.90. The van der Waals surface area contributed by atoms with Crippen LogP contribution in [0.25, 0.3) is 0 Å². The zero-order valence-electron chi connectivity index (χ0n) is 16.6. The summed E-state index contributed by atoms with van der Waals surface area (Å²) in [5, 5.41) is 0. The third kappa shape index (κ3) is 4.70. The number of hydrogen-bond acceptors (Lipinski definition) is 3. The van der Waals surface area contributed by atoms with Gasteiger partial charge >= 0.3 is 0 Å². The Hall–Kier alpha value is -3.98. The van der Waals surface area contributed by atoms with Gasteiger partial charge in [-0.1, -0.05) is 78.9 Å². The standard InChI is InChI=1S/C27H22N2O/c30-27(23-10-4-1-5-11-23)21-28-20-22-16-18-26(19-17-22)29(24-12-6-2-7-13-24)25-14-8-3-9-15-25/h1-20H,21H2. The Labute approximate surface area is 177 Å². The van der Waals surface area contributed by atoms with Gasteiger partial charge in [0.25, 0.3) is 0 Å². The van der Waals surface area contributed by atoms with E-state index in [0.717, 1.165) is 22.6 Å². The largest absolute Gasteiger partial charge is 0.311 e. The van der Waals surface area contributed by atoms with Gasteiger partial charge in [-0.05, 0) is 42.0 Å². The van der Waals surface area contributed by atoms with E-state index in [2.05, 4.69) is 46.3 Å². The van der Waals surface area contributed by atoms with E-state index in [0.29, 0.717) is 5.56 Å². The second-order valence-electron chi connectivity index (χ2n) is 6.86. The molecular formula is C27H22N2O. The molecule has 0 aromatic heterocycles. The summed E-state index contributed by atoms with van der Waals surface area (Å²) in [7, 11) is 0. The first-order valence-electron chi connectivity index (χ1n) is 9.90. The van der Waals surface area contributed by atoms with Crippen LogP contribution in [0.15, 0.2) is 120 Å². The highest BCUT2D eigenvalue weighted by molar-refractivity contribution is 5.98. The van der Waals surface area contributed by atoms with Gasteiger partial charge in [-0.15, -0.1) is 0 Å². The number of anilines is 3. The summed E-state index contributed by atoms with van der Waals surface area (Å²) in [5.74, 6) is 0.0165. The number of benzene rings is 4. The van der Waals surface area contributed by atoms with Gasteiger partial charge in [0.2, 0.25) is 0 Å². The van der Waals surface area contributed by atoms with Gasteiger partial charge < -0.3 is 4.90 Å². The summed E-state index contributed by atoms with van der Waals surface area (Å²) in [6.45, 7) is 0.145. The molecule has 0 heterocycles. The van der Waals surface area contributed by atoms with Gasteiger partial charge in [-0.25, -0.2) is 0 Å². The molecule has 4 aromatic carbocycles. The molecular weight excluding hydrogens is 368 g/mol. The number of ketones is 1. The number of rotatable bonds is 7. The molecule has 30 heavy (non-hydrogen) atoms. The lowest BCUT2D eigenvalue weighted by Gasteiger charge is -2.25. The monoisotopic (exact) mass is 390 g/mol. The molecule has 0 radical (unpaired) electrons. The van der Waals surface area contributed by atoms with E-state index in [9.17, 15) is 4.79 Å². The Morgan fingerprint density at radius 3 is 1.63 bits per heavy atom. The number of hydrogen-bond donors (Lipinski definition) is 0. The molecule has 3 heteroatoms. The Kier molecular flexibility index (Phi) is 6.11. The van der Waals surface area contributed by atoms with Crippen molar-refractivity contribution in [1.29, 1.82) is 0 Å². The van der Waals surface area contributed by atoms with Crippen molar-refractivity contribution in [3.63, 3.8) is 0 Å². The lowest BCUT2D eigenvalue weighted by Crippen LogP contribution is -2.09. The third-order valence-corrected chi connectivity index (χ3v) is 4.75. The van der Waals surface area contributed by atoms with Gasteiger partial charge in [0, 0.05) is 28.8 Å². The zero-order chi connectivity index (χ0) is 20.6. The molecule has 0 aliphatic rings. The first kappa shape index (κ1) is 19.3. The van der Waals surface area contributed by atoms with Crippen LogP contribution in [0.3, 0.4) is 0 Å². The van der Waals surface area contributed by atoms with E-state index in [1.54, 1.807) is 6.21 Å². The summed E-state index contributed by atoms with van der Waals surface area (Å²) in [4.78, 5) is 18.7. The maximum absolute atomic E-state index is 12.2. The predicted molar refractivity (Wildman–Crippen MR) is 124 cm³/mol. The van der Waals surface area contributed by atoms with Crippen molar-refractivity contribution >= 4 is 29.1 Å². The molecule has 0 aliphatic carbocycles. The fourth-order valence-electron chi connectivity index (χ4n) is 3.26. The van der Waals surface area contributed by atoms with Crippen LogP contribution >= 0.6 is 0 Å². The normalized spacial score (nSPS) is 10.8. The number of carbonyl (C=O) groups is 1. The topological polar surface area (TPSA) is 32.7 Å². The van der Waals surface area contributed by atoms with Gasteiger partial charge in [-0.3, -0.25) is 9.79 Å². The second-order valence-corrected chi connectivity index (χ2v) is 6.86. The molecule has 0 fully saturated rings. The minimum absolute atomic E-state index is 0.0165. The quantitative estimate of drug-likeness (QED) is 0.268. The molecule has 0 atom stereocenters. The summed E-state index contributed by atoms with van der Waals surface area (Å²) >= 11 is 0. The fourth-order valence-corrected chi connectivity index (χ4v) is 3.26. The second kappa shape index (κ2) is 9.48. The molecule has 0 unspecified atom stereocenters. The molecule has 0 saturated carbocycles. The van der Waals surface area contributed by atoms with E-state index in [4.69, 9.17) is 0 Å². The van der Waals surface area contributed by atoms with Crippen molar-refractivity contribution in [2.75, 3.05) is 11.4 Å². The lowest BCUT2D eigenvalue weighted by molar-refractivity contribution is 0.100. The average Bonchev–Trinajstić information content (AvgIpc) is 2.82. The highest BCUT2D eigenvalue weighted by Gasteiger charge is 2.11. The van der Waals surface area contributed by atoms with E-state index in [1.807, 2.05) is 78.9 Å². The van der Waals surface area contributed by atoms with Crippen molar-refractivity contribution in [2.24, 2.45) is 4.99 Å². The Morgan fingerprint density at radius 2 is 1.10 bits per heavy atom. The van der Waals surface area contributed by atoms with Gasteiger partial charge in [0.05, 0.1) is 0 Å². The van der Waals surface area contributed by atoms with Crippen LogP contribution in [-0.4, -0.2) is 18.5 Å². The summed E-state index contributed by atoms with van der Waals surface area (Å²) in [5.41, 5.74) is 4.90. The summed E-state index contributed by atoms with van der Waals surface area (Å²) in [6.07, 6.45) is 1.75. The van der Waals surface area contributed by atoms with Crippen molar-refractivity contribution in [2.45, 2.75) is 0 Å². The number of Topliss-reactive ketones (excluding diaryl/α,β-unsaturated/α-hetero) is 1. The molecule has 4 rings (SSSR count). The molecule has 0 spiro atoms. The highest BCUT2D eigenvalue weighted by atomic mass is 16.1. The number of para-hydroxylation sites is 2. The molecule has 3 nitrogen and oxygen atoms in total. The van der Waals surface area contributed by atoms with Gasteiger partial charge in [0.1, 0.15) is 6.54 Å². The number of carbonyl (C=O) groups excluding carboxylic acids is 1. The molecule has 0 N–H and O–H groups in total. The third-order valence-electron chi connectivity index (χ3n) is 4.75. The molecule has 0 bridgehead atoms.